The van der Waals surface area contributed by atoms with Crippen LogP contribution in [0.3, 0.4) is 0 Å². The van der Waals surface area contributed by atoms with Crippen LogP contribution < -0.4 is 4.74 Å². The van der Waals surface area contributed by atoms with Gasteiger partial charge in [0.1, 0.15) is 16.3 Å². The summed E-state index contributed by atoms with van der Waals surface area (Å²) in [5.74, 6) is 0.183. The smallest absolute Gasteiger partial charge is 0.282 e. The van der Waals surface area contributed by atoms with Crippen molar-refractivity contribution in [2.45, 2.75) is 4.90 Å². The van der Waals surface area contributed by atoms with Gasteiger partial charge in [0.15, 0.2) is 0 Å². The fraction of sp³-hybridized carbons (Fsp3) is 0.0952. The zero-order chi connectivity index (χ0) is 22.0. The van der Waals surface area contributed by atoms with Gasteiger partial charge in [-0.3, -0.25) is 9.38 Å². The summed E-state index contributed by atoms with van der Waals surface area (Å²) < 4.78 is 33.8. The Balaban J connectivity index is 1.67. The molecule has 158 valence electrons. The first-order valence-corrected chi connectivity index (χ1v) is 11.0. The van der Waals surface area contributed by atoms with E-state index in [2.05, 4.69) is 15.1 Å². The molecule has 1 aromatic carbocycles. The summed E-state index contributed by atoms with van der Waals surface area (Å²) in [7, 11) is -1.24. The third kappa shape index (κ3) is 4.10. The molecule has 0 saturated heterocycles. The highest BCUT2D eigenvalue weighted by Gasteiger charge is 2.24. The SMILES string of the molecule is COc1ccc(Cl)cc1S(=O)(=O)N(C)/N=C/c1cnc2ccc(-c3cccnc3)cn12. The van der Waals surface area contributed by atoms with E-state index in [1.54, 1.807) is 24.7 Å². The lowest BCUT2D eigenvalue weighted by Crippen LogP contribution is -2.22. The molecule has 0 fully saturated rings. The van der Waals surface area contributed by atoms with E-state index >= 15 is 0 Å². The molecule has 0 aliphatic carbocycles. The van der Waals surface area contributed by atoms with Crippen LogP contribution in [-0.2, 0) is 10.0 Å². The summed E-state index contributed by atoms with van der Waals surface area (Å²) in [5, 5.41) is 4.40. The fourth-order valence-electron chi connectivity index (χ4n) is 3.00. The fourth-order valence-corrected chi connectivity index (χ4v) is 4.37. The number of hydrogen-bond donors (Lipinski definition) is 0. The van der Waals surface area contributed by atoms with Gasteiger partial charge in [-0.15, -0.1) is 0 Å². The first kappa shape index (κ1) is 20.8. The molecule has 3 aromatic heterocycles. The molecular weight excluding hydrogens is 438 g/mol. The quantitative estimate of drug-likeness (QED) is 0.326. The molecule has 0 radical (unpaired) electrons. The second-order valence-corrected chi connectivity index (χ2v) is 8.90. The molecule has 4 aromatic rings. The Labute approximate surface area is 184 Å². The first-order valence-electron chi connectivity index (χ1n) is 9.14. The van der Waals surface area contributed by atoms with Crippen LogP contribution in [0.5, 0.6) is 5.75 Å². The highest BCUT2D eigenvalue weighted by atomic mass is 35.5. The number of imidazole rings is 1. The molecule has 0 bridgehead atoms. The number of nitrogens with zero attached hydrogens (tertiary/aromatic N) is 5. The summed E-state index contributed by atoms with van der Waals surface area (Å²) >= 11 is 5.98. The van der Waals surface area contributed by atoms with Crippen molar-refractivity contribution >= 4 is 33.5 Å². The number of aromatic nitrogens is 3. The molecule has 0 atom stereocenters. The summed E-state index contributed by atoms with van der Waals surface area (Å²) in [6.07, 6.45) is 8.43. The van der Waals surface area contributed by atoms with Gasteiger partial charge in [0.05, 0.1) is 25.2 Å². The first-order chi connectivity index (χ1) is 14.9. The molecule has 0 saturated carbocycles. The maximum Gasteiger partial charge on any atom is 0.282 e. The van der Waals surface area contributed by atoms with Gasteiger partial charge < -0.3 is 4.74 Å². The van der Waals surface area contributed by atoms with Crippen LogP contribution in [0.2, 0.25) is 5.02 Å². The second kappa shape index (κ2) is 8.37. The lowest BCUT2D eigenvalue weighted by atomic mass is 10.1. The van der Waals surface area contributed by atoms with E-state index in [1.165, 1.54) is 32.5 Å². The van der Waals surface area contributed by atoms with Crippen LogP contribution in [0.1, 0.15) is 5.69 Å². The van der Waals surface area contributed by atoms with Crippen LogP contribution in [0.15, 0.2) is 77.2 Å². The number of rotatable bonds is 6. The van der Waals surface area contributed by atoms with E-state index < -0.39 is 10.0 Å². The third-order valence-electron chi connectivity index (χ3n) is 4.63. The minimum Gasteiger partial charge on any atom is -0.495 e. The monoisotopic (exact) mass is 455 g/mol. The maximum absolute atomic E-state index is 13.0. The van der Waals surface area contributed by atoms with Crippen LogP contribution in [0.25, 0.3) is 16.8 Å². The van der Waals surface area contributed by atoms with Crippen molar-refractivity contribution < 1.29 is 13.2 Å². The Bertz CT molecular complexity index is 1370. The summed E-state index contributed by atoms with van der Waals surface area (Å²) in [4.78, 5) is 8.41. The lowest BCUT2D eigenvalue weighted by Gasteiger charge is -2.16. The highest BCUT2D eigenvalue weighted by molar-refractivity contribution is 7.89. The average molecular weight is 456 g/mol. The highest BCUT2D eigenvalue weighted by Crippen LogP contribution is 2.29. The van der Waals surface area contributed by atoms with Gasteiger partial charge >= 0.3 is 0 Å². The minimum atomic E-state index is -3.97. The molecule has 31 heavy (non-hydrogen) atoms. The molecular formula is C21H18ClN5O3S. The number of ether oxygens (including phenoxy) is 1. The van der Waals surface area contributed by atoms with Crippen molar-refractivity contribution in [2.75, 3.05) is 14.2 Å². The van der Waals surface area contributed by atoms with Gasteiger partial charge in [-0.25, -0.2) is 4.98 Å². The zero-order valence-corrected chi connectivity index (χ0v) is 18.2. The number of halogens is 1. The number of pyridine rings is 2. The van der Waals surface area contributed by atoms with Gasteiger partial charge in [-0.05, 0) is 36.4 Å². The van der Waals surface area contributed by atoms with Crippen LogP contribution in [0, 0.1) is 0 Å². The molecule has 10 heteroatoms. The topological polar surface area (TPSA) is 89.2 Å². The molecule has 0 amide bonds. The molecule has 8 nitrogen and oxygen atoms in total. The van der Waals surface area contributed by atoms with Crippen LogP contribution >= 0.6 is 11.6 Å². The van der Waals surface area contributed by atoms with Gasteiger partial charge in [0.25, 0.3) is 10.0 Å². The number of hydrazone groups is 1. The van der Waals surface area contributed by atoms with Gasteiger partial charge in [0, 0.05) is 41.8 Å². The Hall–Kier alpha value is -3.43. The summed E-state index contributed by atoms with van der Waals surface area (Å²) in [6.45, 7) is 0. The van der Waals surface area contributed by atoms with Crippen LogP contribution in [-0.4, -0.2) is 47.6 Å². The number of benzene rings is 1. The van der Waals surface area contributed by atoms with Gasteiger partial charge in [-0.1, -0.05) is 17.7 Å². The van der Waals surface area contributed by atoms with Crippen LogP contribution in [0.4, 0.5) is 0 Å². The Morgan fingerprint density at radius 1 is 1.16 bits per heavy atom. The van der Waals surface area contributed by atoms with E-state index in [0.29, 0.717) is 11.3 Å². The third-order valence-corrected chi connectivity index (χ3v) is 6.53. The number of methoxy groups -OCH3 is 1. The van der Waals surface area contributed by atoms with Gasteiger partial charge in [0.2, 0.25) is 0 Å². The number of sulfonamides is 1. The number of fused-ring (bicyclic) bond motifs is 1. The standard InChI is InChI=1S/C21H18ClN5O3S/c1-26(31(28,29)20-10-17(22)6-7-19(20)30-2)25-13-18-12-24-21-8-5-16(14-27(18)21)15-4-3-9-23-11-15/h3-14H,1-2H3/b25-13+. The number of hydrogen-bond acceptors (Lipinski definition) is 6. The van der Waals surface area contributed by atoms with E-state index in [4.69, 9.17) is 16.3 Å². The molecule has 0 aliphatic heterocycles. The van der Waals surface area contributed by atoms with Crippen molar-refractivity contribution in [3.63, 3.8) is 0 Å². The normalized spacial score (nSPS) is 11.8. The Morgan fingerprint density at radius 3 is 2.74 bits per heavy atom. The molecule has 0 unspecified atom stereocenters. The molecule has 4 rings (SSSR count). The lowest BCUT2D eigenvalue weighted by molar-refractivity contribution is 0.399. The minimum absolute atomic E-state index is 0.0702. The summed E-state index contributed by atoms with van der Waals surface area (Å²) in [5.41, 5.74) is 3.21. The molecule has 0 spiro atoms. The predicted octanol–water partition coefficient (Wildman–Crippen LogP) is 3.71. The maximum atomic E-state index is 13.0. The molecule has 0 N–H and O–H groups in total. The average Bonchev–Trinajstić information content (AvgIpc) is 3.20. The van der Waals surface area contributed by atoms with E-state index in [9.17, 15) is 8.42 Å². The van der Waals surface area contributed by atoms with Crippen molar-refractivity contribution in [1.82, 2.24) is 18.8 Å². The molecule has 0 aliphatic rings. The predicted molar refractivity (Wildman–Crippen MR) is 119 cm³/mol. The Kier molecular flexibility index (Phi) is 5.62. The van der Waals surface area contributed by atoms with Crippen molar-refractivity contribution in [3.05, 3.63) is 78.0 Å². The van der Waals surface area contributed by atoms with E-state index in [1.807, 2.05) is 34.9 Å². The zero-order valence-electron chi connectivity index (χ0n) is 16.7. The van der Waals surface area contributed by atoms with Crippen molar-refractivity contribution in [2.24, 2.45) is 5.10 Å². The van der Waals surface area contributed by atoms with E-state index in [0.717, 1.165) is 15.5 Å². The largest absolute Gasteiger partial charge is 0.495 e. The van der Waals surface area contributed by atoms with E-state index in [-0.39, 0.29) is 15.7 Å². The van der Waals surface area contributed by atoms with Crippen molar-refractivity contribution in [1.29, 1.82) is 0 Å². The second-order valence-electron chi connectivity index (χ2n) is 6.55. The Morgan fingerprint density at radius 2 is 2.00 bits per heavy atom. The summed E-state index contributed by atoms with van der Waals surface area (Å²) in [6, 6.07) is 12.0. The molecule has 3 heterocycles. The van der Waals surface area contributed by atoms with Gasteiger partial charge in [-0.2, -0.15) is 17.9 Å². The van der Waals surface area contributed by atoms with Crippen molar-refractivity contribution in [3.8, 4) is 16.9 Å².